The minimum absolute atomic E-state index is 0.122. The number of urea groups is 1. The van der Waals surface area contributed by atoms with Gasteiger partial charge in [0.25, 0.3) is 0 Å². The Labute approximate surface area is 131 Å². The number of benzene rings is 1. The van der Waals surface area contributed by atoms with Crippen molar-refractivity contribution >= 4 is 25.4 Å². The number of rotatable bonds is 3. The molecule has 3 fully saturated rings. The van der Waals surface area contributed by atoms with Gasteiger partial charge in [-0.1, -0.05) is 6.07 Å². The van der Waals surface area contributed by atoms with Crippen LogP contribution < -0.4 is 15.4 Å². The third kappa shape index (κ3) is 3.23. The summed E-state index contributed by atoms with van der Waals surface area (Å²) in [7, 11) is -2.00. The molecular weight excluding hydrogens is 327 g/mol. The second kappa shape index (κ2) is 5.93. The Balaban J connectivity index is 1.61. The zero-order valence-corrected chi connectivity index (χ0v) is 13.1. The number of fused-ring (bicyclic) bond motifs is 3. The van der Waals surface area contributed by atoms with E-state index >= 15 is 0 Å². The molecule has 23 heavy (non-hydrogen) atoms. The normalized spacial score (nSPS) is 28.9. The molecule has 0 atom stereocenters. The summed E-state index contributed by atoms with van der Waals surface area (Å²) in [6.45, 7) is -0.367. The molecule has 3 heterocycles. The fourth-order valence-corrected chi connectivity index (χ4v) is 3.58. The Kier molecular flexibility index (Phi) is 4.11. The predicted octanol–water partition coefficient (Wildman–Crippen LogP) is 1.51. The monoisotopic (exact) mass is 342 g/mol. The van der Waals surface area contributed by atoms with Crippen LogP contribution in [0.15, 0.2) is 24.3 Å². The minimum atomic E-state index is -3.50. The molecule has 10 heteroatoms. The Hall–Kier alpha value is -1.93. The van der Waals surface area contributed by atoms with E-state index in [1.807, 2.05) is 0 Å². The number of anilines is 1. The lowest BCUT2D eigenvalue weighted by atomic mass is 9.90. The summed E-state index contributed by atoms with van der Waals surface area (Å²) in [4.78, 5) is 24.2. The maximum absolute atomic E-state index is 12.3. The van der Waals surface area contributed by atoms with E-state index in [0.29, 0.717) is 11.4 Å². The molecule has 0 aliphatic carbocycles. The van der Waals surface area contributed by atoms with Crippen molar-refractivity contribution in [3.63, 3.8) is 0 Å². The maximum Gasteiger partial charge on any atom is 0.474 e. The largest absolute Gasteiger partial charge is 0.497 e. The summed E-state index contributed by atoms with van der Waals surface area (Å²) in [5, 5.41) is 4.73. The Bertz CT molecular complexity index is 661. The lowest BCUT2D eigenvalue weighted by molar-refractivity contribution is -0.151. The van der Waals surface area contributed by atoms with E-state index < -0.39 is 25.2 Å². The van der Waals surface area contributed by atoms with Gasteiger partial charge >= 0.3 is 13.9 Å². The van der Waals surface area contributed by atoms with Gasteiger partial charge in [-0.05, 0) is 12.1 Å². The number of imide groups is 1. The summed E-state index contributed by atoms with van der Waals surface area (Å²) < 4.78 is 31.4. The van der Waals surface area contributed by atoms with Crippen LogP contribution in [0.4, 0.5) is 10.5 Å². The van der Waals surface area contributed by atoms with Crippen LogP contribution in [0.3, 0.4) is 0 Å². The highest BCUT2D eigenvalue weighted by Gasteiger charge is 2.55. The van der Waals surface area contributed by atoms with Crippen LogP contribution in [0, 0.1) is 5.41 Å². The Morgan fingerprint density at radius 1 is 1.22 bits per heavy atom. The van der Waals surface area contributed by atoms with Crippen molar-refractivity contribution in [2.75, 3.05) is 32.2 Å². The fourth-order valence-electron chi connectivity index (χ4n) is 2.14. The third-order valence-electron chi connectivity index (χ3n) is 3.53. The average Bonchev–Trinajstić information content (AvgIpc) is 2.56. The van der Waals surface area contributed by atoms with E-state index in [1.165, 1.54) is 7.11 Å². The summed E-state index contributed by atoms with van der Waals surface area (Å²) in [5.74, 6) is -0.0536. The highest BCUT2D eigenvalue weighted by molar-refractivity contribution is 7.48. The number of hydrogen-bond donors (Lipinski definition) is 2. The molecule has 0 aromatic heterocycles. The highest BCUT2D eigenvalue weighted by atomic mass is 31.2. The van der Waals surface area contributed by atoms with E-state index in [-0.39, 0.29) is 19.8 Å². The molecule has 2 bridgehead atoms. The quantitative estimate of drug-likeness (QED) is 0.801. The topological polar surface area (TPSA) is 112 Å². The number of methoxy groups -OCH3 is 1. The molecule has 0 saturated carbocycles. The molecule has 9 nitrogen and oxygen atoms in total. The first-order chi connectivity index (χ1) is 10.9. The van der Waals surface area contributed by atoms with Crippen molar-refractivity contribution in [3.05, 3.63) is 24.3 Å². The standard InChI is InChI=1S/C13H15N2O7P/c1-19-10-4-2-3-9(5-10)14-12(17)15-11(16)13-6-20-23(18,21-7-13)22-8-13/h2-5H,6-8H2,1H3,(H2,14,15,16,17). The SMILES string of the molecule is COc1cccc(NC(=O)NC(=O)C23COP(=O)(OC2)OC3)c1. The van der Waals surface area contributed by atoms with Crippen molar-refractivity contribution in [1.29, 1.82) is 0 Å². The fraction of sp³-hybridized carbons (Fsp3) is 0.385. The van der Waals surface area contributed by atoms with Gasteiger partial charge in [-0.3, -0.25) is 23.7 Å². The van der Waals surface area contributed by atoms with E-state index in [2.05, 4.69) is 10.6 Å². The second-order valence-corrected chi connectivity index (χ2v) is 6.86. The molecule has 124 valence electrons. The molecule has 3 aliphatic heterocycles. The first-order valence-corrected chi connectivity index (χ1v) is 8.21. The summed E-state index contributed by atoms with van der Waals surface area (Å²) >= 11 is 0. The molecule has 3 saturated heterocycles. The van der Waals surface area contributed by atoms with E-state index in [4.69, 9.17) is 18.3 Å². The van der Waals surface area contributed by atoms with Crippen molar-refractivity contribution in [3.8, 4) is 5.75 Å². The zero-order chi connectivity index (χ0) is 16.5. The smallest absolute Gasteiger partial charge is 0.474 e. The Morgan fingerprint density at radius 2 is 1.87 bits per heavy atom. The van der Waals surface area contributed by atoms with Crippen LogP contribution in [0.2, 0.25) is 0 Å². The second-order valence-electron chi connectivity index (χ2n) is 5.19. The van der Waals surface area contributed by atoms with Crippen LogP contribution in [0.5, 0.6) is 5.75 Å². The maximum atomic E-state index is 12.3. The van der Waals surface area contributed by atoms with Crippen LogP contribution in [-0.2, 0) is 22.9 Å². The number of phosphoric ester groups is 1. The van der Waals surface area contributed by atoms with Gasteiger partial charge in [-0.2, -0.15) is 0 Å². The first-order valence-electron chi connectivity index (χ1n) is 6.75. The van der Waals surface area contributed by atoms with Gasteiger partial charge in [0.05, 0.1) is 26.9 Å². The van der Waals surface area contributed by atoms with Gasteiger partial charge < -0.3 is 10.1 Å². The van der Waals surface area contributed by atoms with Crippen molar-refractivity contribution < 1.29 is 32.5 Å². The number of amides is 3. The van der Waals surface area contributed by atoms with Crippen molar-refractivity contribution in [1.82, 2.24) is 5.32 Å². The number of nitrogens with one attached hydrogen (secondary N) is 2. The molecule has 1 aromatic rings. The third-order valence-corrected chi connectivity index (χ3v) is 4.87. The van der Waals surface area contributed by atoms with Crippen LogP contribution in [-0.4, -0.2) is 38.9 Å². The first kappa shape index (κ1) is 15.9. The van der Waals surface area contributed by atoms with Gasteiger partial charge in [0, 0.05) is 11.8 Å². The Morgan fingerprint density at radius 3 is 2.48 bits per heavy atom. The number of carbonyl (C=O) groups excluding carboxylic acids is 2. The molecule has 0 spiro atoms. The van der Waals surface area contributed by atoms with Gasteiger partial charge in [0.2, 0.25) is 5.91 Å². The average molecular weight is 342 g/mol. The highest BCUT2D eigenvalue weighted by Crippen LogP contribution is 2.59. The van der Waals surface area contributed by atoms with Gasteiger partial charge in [0.1, 0.15) is 11.2 Å². The lowest BCUT2D eigenvalue weighted by Gasteiger charge is -2.42. The number of hydrogen-bond acceptors (Lipinski definition) is 7. The lowest BCUT2D eigenvalue weighted by Crippen LogP contribution is -2.56. The molecule has 3 amide bonds. The van der Waals surface area contributed by atoms with Gasteiger partial charge in [-0.15, -0.1) is 0 Å². The predicted molar refractivity (Wildman–Crippen MR) is 78.1 cm³/mol. The zero-order valence-electron chi connectivity index (χ0n) is 12.2. The minimum Gasteiger partial charge on any atom is -0.497 e. The van der Waals surface area contributed by atoms with Crippen LogP contribution in [0.1, 0.15) is 0 Å². The number of carbonyl (C=O) groups is 2. The van der Waals surface area contributed by atoms with Gasteiger partial charge in [-0.25, -0.2) is 9.36 Å². The van der Waals surface area contributed by atoms with Crippen LogP contribution in [0.25, 0.3) is 0 Å². The summed E-state index contributed by atoms with van der Waals surface area (Å²) in [6, 6.07) is 5.97. The van der Waals surface area contributed by atoms with Crippen molar-refractivity contribution in [2.45, 2.75) is 0 Å². The van der Waals surface area contributed by atoms with Gasteiger partial charge in [0.15, 0.2) is 0 Å². The number of ether oxygens (including phenoxy) is 1. The number of phosphoric acid groups is 1. The van der Waals surface area contributed by atoms with E-state index in [1.54, 1.807) is 24.3 Å². The molecule has 2 N–H and O–H groups in total. The summed E-state index contributed by atoms with van der Waals surface area (Å²) in [6.07, 6.45) is 0. The molecule has 3 aliphatic rings. The molecule has 4 rings (SSSR count). The molecule has 0 radical (unpaired) electrons. The van der Waals surface area contributed by atoms with Crippen molar-refractivity contribution in [2.24, 2.45) is 5.41 Å². The molecule has 1 aromatic carbocycles. The van der Waals surface area contributed by atoms with E-state index in [0.717, 1.165) is 0 Å². The molecule has 0 unspecified atom stereocenters. The van der Waals surface area contributed by atoms with E-state index in [9.17, 15) is 14.2 Å². The molecular formula is C13H15N2O7P. The summed E-state index contributed by atoms with van der Waals surface area (Å²) in [5.41, 5.74) is -0.717. The van der Waals surface area contributed by atoms with Crippen LogP contribution >= 0.6 is 7.82 Å².